The molecule has 4 rings (SSSR count). The van der Waals surface area contributed by atoms with Gasteiger partial charge in [-0.2, -0.15) is 0 Å². The first kappa shape index (κ1) is 17.9. The van der Waals surface area contributed by atoms with Crippen LogP contribution in [0.15, 0.2) is 29.6 Å². The maximum Gasteiger partial charge on any atom is 0.131 e. The summed E-state index contributed by atoms with van der Waals surface area (Å²) < 4.78 is 5.84. The molecule has 2 aromatic rings. The molecule has 0 bridgehead atoms. The second kappa shape index (κ2) is 8.48. The van der Waals surface area contributed by atoms with Crippen LogP contribution in [0.2, 0.25) is 0 Å². The summed E-state index contributed by atoms with van der Waals surface area (Å²) in [5, 5.41) is 6.59. The molecule has 1 atom stereocenters. The zero-order chi connectivity index (χ0) is 17.8. The summed E-state index contributed by atoms with van der Waals surface area (Å²) >= 11 is 1.67. The Morgan fingerprint density at radius 3 is 2.73 bits per heavy atom. The van der Waals surface area contributed by atoms with E-state index in [9.17, 15) is 0 Å². The summed E-state index contributed by atoms with van der Waals surface area (Å²) in [4.78, 5) is 9.68. The minimum atomic E-state index is 0.544. The summed E-state index contributed by atoms with van der Waals surface area (Å²) in [6.45, 7) is 10.7. The van der Waals surface area contributed by atoms with Gasteiger partial charge in [0.15, 0.2) is 0 Å². The highest BCUT2D eigenvalue weighted by atomic mass is 32.1. The Kier molecular flexibility index (Phi) is 5.84. The lowest BCUT2D eigenvalue weighted by molar-refractivity contribution is 0.170. The highest BCUT2D eigenvalue weighted by Crippen LogP contribution is 2.20. The molecule has 1 unspecified atom stereocenters. The number of thiazole rings is 1. The smallest absolute Gasteiger partial charge is 0.131 e. The van der Waals surface area contributed by atoms with Gasteiger partial charge >= 0.3 is 0 Å². The van der Waals surface area contributed by atoms with E-state index in [0.29, 0.717) is 6.61 Å². The number of nitrogens with one attached hydrogen (secondary N) is 1. The monoisotopic (exact) mass is 372 g/mol. The predicted molar refractivity (Wildman–Crippen MR) is 106 cm³/mol. The topological polar surface area (TPSA) is 40.6 Å². The van der Waals surface area contributed by atoms with Crippen molar-refractivity contribution in [2.75, 3.05) is 39.3 Å². The Morgan fingerprint density at radius 2 is 2.00 bits per heavy atom. The Labute approximate surface area is 160 Å². The van der Waals surface area contributed by atoms with Crippen molar-refractivity contribution in [1.29, 1.82) is 0 Å². The third-order valence-corrected chi connectivity index (χ3v) is 6.12. The summed E-state index contributed by atoms with van der Waals surface area (Å²) in [6, 6.07) is 9.29. The van der Waals surface area contributed by atoms with Crippen LogP contribution >= 0.6 is 11.3 Å². The van der Waals surface area contributed by atoms with Gasteiger partial charge < -0.3 is 10.1 Å². The number of aromatic nitrogens is 1. The van der Waals surface area contributed by atoms with Crippen LogP contribution in [0.5, 0.6) is 5.75 Å². The van der Waals surface area contributed by atoms with Crippen molar-refractivity contribution in [3.63, 3.8) is 0 Å². The van der Waals surface area contributed by atoms with Crippen LogP contribution in [0.1, 0.15) is 22.7 Å². The van der Waals surface area contributed by atoms with Crippen molar-refractivity contribution in [1.82, 2.24) is 20.1 Å². The van der Waals surface area contributed by atoms with Gasteiger partial charge in [-0.1, -0.05) is 12.1 Å². The predicted octanol–water partition coefficient (Wildman–Crippen LogP) is 2.51. The van der Waals surface area contributed by atoms with Gasteiger partial charge in [0.25, 0.3) is 0 Å². The van der Waals surface area contributed by atoms with E-state index >= 15 is 0 Å². The van der Waals surface area contributed by atoms with Crippen LogP contribution in [0, 0.1) is 6.92 Å². The van der Waals surface area contributed by atoms with Crippen LogP contribution in [0.4, 0.5) is 0 Å². The fourth-order valence-corrected chi connectivity index (χ4v) is 4.48. The van der Waals surface area contributed by atoms with Crippen molar-refractivity contribution < 1.29 is 4.74 Å². The summed E-state index contributed by atoms with van der Waals surface area (Å²) in [6.07, 6.45) is 1.30. The lowest BCUT2D eigenvalue weighted by atomic mass is 10.2. The molecule has 0 radical (unpaired) electrons. The van der Waals surface area contributed by atoms with Gasteiger partial charge in [0.1, 0.15) is 12.4 Å². The normalized spacial score (nSPS) is 22.0. The maximum absolute atomic E-state index is 5.84. The highest BCUT2D eigenvalue weighted by Gasteiger charge is 2.28. The number of benzene rings is 1. The number of nitrogens with zero attached hydrogens (tertiary/aromatic N) is 3. The molecule has 2 aliphatic heterocycles. The van der Waals surface area contributed by atoms with Crippen LogP contribution < -0.4 is 10.1 Å². The molecule has 1 aromatic heterocycles. The van der Waals surface area contributed by atoms with E-state index in [-0.39, 0.29) is 0 Å². The minimum Gasteiger partial charge on any atom is -0.487 e. The van der Waals surface area contributed by atoms with Gasteiger partial charge in [-0.3, -0.25) is 9.80 Å². The first-order valence-corrected chi connectivity index (χ1v) is 10.4. The maximum atomic E-state index is 5.84. The molecule has 0 aliphatic carbocycles. The zero-order valence-electron chi connectivity index (χ0n) is 15.5. The van der Waals surface area contributed by atoms with E-state index in [4.69, 9.17) is 4.74 Å². The lowest BCUT2D eigenvalue weighted by Crippen LogP contribution is -2.49. The summed E-state index contributed by atoms with van der Waals surface area (Å²) in [5.41, 5.74) is 2.37. The standard InChI is InChI=1S/C20H28N4OS/c1-16-22-18(15-26-16)14-25-20-4-2-17(3-5-20)12-23-9-6-19(13-23)24-10-7-21-8-11-24/h2-5,15,19,21H,6-14H2,1H3. The fraction of sp³-hybridized carbons (Fsp3) is 0.550. The molecule has 140 valence electrons. The number of hydrogen-bond donors (Lipinski definition) is 1. The number of aryl methyl sites for hydroxylation is 1. The molecule has 1 N–H and O–H groups in total. The SMILES string of the molecule is Cc1nc(COc2ccc(CN3CCC(N4CCNCC4)C3)cc2)cs1. The molecule has 2 aliphatic rings. The Hall–Kier alpha value is -1.47. The van der Waals surface area contributed by atoms with Crippen LogP contribution in [-0.4, -0.2) is 60.1 Å². The number of hydrogen-bond acceptors (Lipinski definition) is 6. The Bertz CT molecular complexity index is 696. The van der Waals surface area contributed by atoms with Crippen LogP contribution in [0.25, 0.3) is 0 Å². The van der Waals surface area contributed by atoms with Crippen molar-refractivity contribution >= 4 is 11.3 Å². The molecule has 2 fully saturated rings. The molecule has 6 heteroatoms. The van der Waals surface area contributed by atoms with E-state index in [1.54, 1.807) is 11.3 Å². The van der Waals surface area contributed by atoms with Crippen molar-refractivity contribution in [3.05, 3.63) is 45.9 Å². The van der Waals surface area contributed by atoms with Crippen LogP contribution in [-0.2, 0) is 13.2 Å². The number of likely N-dealkylation sites (tertiary alicyclic amines) is 1. The average Bonchev–Trinajstić information content (AvgIpc) is 3.31. The van der Waals surface area contributed by atoms with E-state index in [0.717, 1.165) is 42.1 Å². The van der Waals surface area contributed by atoms with Gasteiger partial charge in [-0.15, -0.1) is 11.3 Å². The van der Waals surface area contributed by atoms with Gasteiger partial charge in [0, 0.05) is 57.2 Å². The van der Waals surface area contributed by atoms with Crippen molar-refractivity contribution in [2.24, 2.45) is 0 Å². The molecular weight excluding hydrogens is 344 g/mol. The lowest BCUT2D eigenvalue weighted by Gasteiger charge is -2.32. The first-order valence-electron chi connectivity index (χ1n) is 9.56. The number of rotatable bonds is 6. The van der Waals surface area contributed by atoms with E-state index in [1.807, 2.05) is 6.92 Å². The molecule has 2 saturated heterocycles. The average molecular weight is 373 g/mol. The Morgan fingerprint density at radius 1 is 1.19 bits per heavy atom. The van der Waals surface area contributed by atoms with Crippen LogP contribution in [0.3, 0.4) is 0 Å². The molecule has 1 aromatic carbocycles. The van der Waals surface area contributed by atoms with Crippen molar-refractivity contribution in [3.8, 4) is 5.75 Å². The summed E-state index contributed by atoms with van der Waals surface area (Å²) in [7, 11) is 0. The van der Waals surface area contributed by atoms with E-state index in [2.05, 4.69) is 49.7 Å². The van der Waals surface area contributed by atoms with Gasteiger partial charge in [-0.05, 0) is 31.0 Å². The second-order valence-corrected chi connectivity index (χ2v) is 8.32. The zero-order valence-corrected chi connectivity index (χ0v) is 16.3. The molecule has 3 heterocycles. The molecule has 0 amide bonds. The first-order chi connectivity index (χ1) is 12.8. The number of piperazine rings is 1. The highest BCUT2D eigenvalue weighted by molar-refractivity contribution is 7.09. The molecule has 0 spiro atoms. The fourth-order valence-electron chi connectivity index (χ4n) is 3.88. The van der Waals surface area contributed by atoms with Gasteiger partial charge in [0.05, 0.1) is 10.7 Å². The van der Waals surface area contributed by atoms with E-state index < -0.39 is 0 Å². The van der Waals surface area contributed by atoms with Crippen molar-refractivity contribution in [2.45, 2.75) is 32.5 Å². The largest absolute Gasteiger partial charge is 0.487 e. The summed E-state index contributed by atoms with van der Waals surface area (Å²) in [5.74, 6) is 0.916. The second-order valence-electron chi connectivity index (χ2n) is 7.25. The molecular formula is C20H28N4OS. The third-order valence-electron chi connectivity index (χ3n) is 5.30. The molecule has 5 nitrogen and oxygen atoms in total. The third kappa shape index (κ3) is 4.62. The molecule has 26 heavy (non-hydrogen) atoms. The minimum absolute atomic E-state index is 0.544. The van der Waals surface area contributed by atoms with Gasteiger partial charge in [-0.25, -0.2) is 4.98 Å². The molecule has 0 saturated carbocycles. The Balaban J connectivity index is 1.25. The van der Waals surface area contributed by atoms with Gasteiger partial charge in [0.2, 0.25) is 0 Å². The number of ether oxygens (including phenoxy) is 1. The quantitative estimate of drug-likeness (QED) is 0.844. The van der Waals surface area contributed by atoms with E-state index in [1.165, 1.54) is 38.2 Å².